The Bertz CT molecular complexity index is 1010. The first-order chi connectivity index (χ1) is 14.0. The van der Waals surface area contributed by atoms with Crippen LogP contribution in [-0.2, 0) is 12.8 Å². The minimum Gasteiger partial charge on any atom is -0.497 e. The Kier molecular flexibility index (Phi) is 6.83. The number of ketones is 2. The minimum absolute atomic E-state index is 0.343. The summed E-state index contributed by atoms with van der Waals surface area (Å²) in [6, 6.07) is 19.9. The summed E-state index contributed by atoms with van der Waals surface area (Å²) >= 11 is 3.45. The van der Waals surface area contributed by atoms with Crippen molar-refractivity contribution in [3.63, 3.8) is 0 Å². The van der Waals surface area contributed by atoms with Crippen LogP contribution in [0, 0.1) is 0 Å². The SMILES string of the molecule is COc1ccc(CCc2cc(Br)cc(C(=O)C(=O)c3ccc(OC)cc3)c2)cc1. The third-order valence-corrected chi connectivity index (χ3v) is 5.10. The fourth-order valence-electron chi connectivity index (χ4n) is 3.01. The van der Waals surface area contributed by atoms with Crippen LogP contribution in [0.4, 0.5) is 0 Å². The maximum atomic E-state index is 12.7. The molecule has 29 heavy (non-hydrogen) atoms. The first kappa shape index (κ1) is 20.8. The molecule has 4 nitrogen and oxygen atoms in total. The lowest BCUT2D eigenvalue weighted by Gasteiger charge is -2.08. The van der Waals surface area contributed by atoms with Crippen LogP contribution in [-0.4, -0.2) is 25.8 Å². The van der Waals surface area contributed by atoms with E-state index in [0.717, 1.165) is 28.6 Å². The van der Waals surface area contributed by atoms with Crippen molar-refractivity contribution in [3.8, 4) is 11.5 Å². The number of ether oxygens (including phenoxy) is 2. The number of carbonyl (C=O) groups is 2. The number of Topliss-reactive ketones (excluding diaryl/α,β-unsaturated/α-hetero) is 2. The topological polar surface area (TPSA) is 52.6 Å². The molecule has 0 fully saturated rings. The highest BCUT2D eigenvalue weighted by atomic mass is 79.9. The second-order valence-corrected chi connectivity index (χ2v) is 7.50. The van der Waals surface area contributed by atoms with Crippen molar-refractivity contribution in [1.82, 2.24) is 0 Å². The summed E-state index contributed by atoms with van der Waals surface area (Å²) in [5, 5.41) is 0. The van der Waals surface area contributed by atoms with Crippen molar-refractivity contribution in [1.29, 1.82) is 0 Å². The Morgan fingerprint density at radius 2 is 1.21 bits per heavy atom. The molecule has 0 atom stereocenters. The van der Waals surface area contributed by atoms with Crippen LogP contribution in [0.5, 0.6) is 11.5 Å². The van der Waals surface area contributed by atoms with E-state index in [9.17, 15) is 9.59 Å². The normalized spacial score (nSPS) is 10.4. The van der Waals surface area contributed by atoms with Gasteiger partial charge in [-0.1, -0.05) is 28.1 Å². The maximum Gasteiger partial charge on any atom is 0.233 e. The summed E-state index contributed by atoms with van der Waals surface area (Å²) in [4.78, 5) is 25.3. The second-order valence-electron chi connectivity index (χ2n) is 6.58. The smallest absolute Gasteiger partial charge is 0.233 e. The van der Waals surface area contributed by atoms with E-state index in [4.69, 9.17) is 9.47 Å². The van der Waals surface area contributed by atoms with Crippen LogP contribution in [0.1, 0.15) is 31.8 Å². The van der Waals surface area contributed by atoms with Gasteiger partial charge in [-0.15, -0.1) is 0 Å². The number of aryl methyl sites for hydroxylation is 2. The molecule has 0 saturated carbocycles. The molecule has 0 aliphatic heterocycles. The van der Waals surface area contributed by atoms with Gasteiger partial charge in [0.05, 0.1) is 14.2 Å². The van der Waals surface area contributed by atoms with E-state index in [0.29, 0.717) is 16.9 Å². The Hall–Kier alpha value is -2.92. The lowest BCUT2D eigenvalue weighted by Crippen LogP contribution is -2.15. The highest BCUT2D eigenvalue weighted by Gasteiger charge is 2.19. The molecule has 0 aliphatic carbocycles. The Labute approximate surface area is 178 Å². The molecule has 0 heterocycles. The van der Waals surface area contributed by atoms with Crippen molar-refractivity contribution in [3.05, 3.63) is 93.5 Å². The van der Waals surface area contributed by atoms with Crippen LogP contribution in [0.15, 0.2) is 71.2 Å². The fourth-order valence-corrected chi connectivity index (χ4v) is 3.55. The quantitative estimate of drug-likeness (QED) is 0.342. The van der Waals surface area contributed by atoms with Gasteiger partial charge in [-0.05, 0) is 78.6 Å². The minimum atomic E-state index is -0.535. The summed E-state index contributed by atoms with van der Waals surface area (Å²) < 4.78 is 11.0. The van der Waals surface area contributed by atoms with Crippen LogP contribution in [0.25, 0.3) is 0 Å². The standard InChI is InChI=1S/C24H21BrO4/c1-28-21-9-5-16(6-10-21)3-4-17-13-19(15-20(25)14-17)24(27)23(26)18-7-11-22(29-2)12-8-18/h5-15H,3-4H2,1-2H3. The van der Waals surface area contributed by atoms with Gasteiger partial charge in [0.25, 0.3) is 0 Å². The van der Waals surface area contributed by atoms with Crippen molar-refractivity contribution < 1.29 is 19.1 Å². The molecular formula is C24H21BrO4. The Morgan fingerprint density at radius 3 is 1.79 bits per heavy atom. The predicted octanol–water partition coefficient (Wildman–Crippen LogP) is 5.32. The maximum absolute atomic E-state index is 12.7. The van der Waals surface area contributed by atoms with E-state index in [1.165, 1.54) is 5.56 Å². The highest BCUT2D eigenvalue weighted by molar-refractivity contribution is 9.10. The molecule has 0 radical (unpaired) electrons. The van der Waals surface area contributed by atoms with E-state index < -0.39 is 11.6 Å². The molecule has 0 unspecified atom stereocenters. The Morgan fingerprint density at radius 1 is 0.690 bits per heavy atom. The van der Waals surface area contributed by atoms with Crippen molar-refractivity contribution in [2.45, 2.75) is 12.8 Å². The zero-order valence-electron chi connectivity index (χ0n) is 16.3. The molecule has 3 aromatic carbocycles. The van der Waals surface area contributed by atoms with Crippen molar-refractivity contribution in [2.75, 3.05) is 14.2 Å². The van der Waals surface area contributed by atoms with Gasteiger partial charge in [-0.2, -0.15) is 0 Å². The van der Waals surface area contributed by atoms with Gasteiger partial charge >= 0.3 is 0 Å². The lowest BCUT2D eigenvalue weighted by atomic mass is 9.97. The third kappa shape index (κ3) is 5.33. The van der Waals surface area contributed by atoms with Gasteiger partial charge in [0.1, 0.15) is 11.5 Å². The molecular weight excluding hydrogens is 432 g/mol. The van der Waals surface area contributed by atoms with Gasteiger partial charge in [0.15, 0.2) is 0 Å². The van der Waals surface area contributed by atoms with Crippen LogP contribution >= 0.6 is 15.9 Å². The van der Waals surface area contributed by atoms with Gasteiger partial charge in [-0.3, -0.25) is 9.59 Å². The average molecular weight is 453 g/mol. The molecule has 0 amide bonds. The van der Waals surface area contributed by atoms with Crippen molar-refractivity contribution >= 4 is 27.5 Å². The number of halogens is 1. The predicted molar refractivity (Wildman–Crippen MR) is 116 cm³/mol. The largest absolute Gasteiger partial charge is 0.497 e. The fraction of sp³-hybridized carbons (Fsp3) is 0.167. The van der Waals surface area contributed by atoms with E-state index in [1.807, 2.05) is 30.3 Å². The number of rotatable bonds is 8. The van der Waals surface area contributed by atoms with Crippen molar-refractivity contribution in [2.24, 2.45) is 0 Å². The summed E-state index contributed by atoms with van der Waals surface area (Å²) in [7, 11) is 3.19. The third-order valence-electron chi connectivity index (χ3n) is 4.64. The van der Waals surface area contributed by atoms with E-state index >= 15 is 0 Å². The molecule has 148 valence electrons. The molecule has 5 heteroatoms. The van der Waals surface area contributed by atoms with Crippen LogP contribution < -0.4 is 9.47 Å². The first-order valence-electron chi connectivity index (χ1n) is 9.15. The van der Waals surface area contributed by atoms with Gasteiger partial charge in [0.2, 0.25) is 11.6 Å². The molecule has 3 rings (SSSR count). The average Bonchev–Trinajstić information content (AvgIpc) is 2.76. The van der Waals surface area contributed by atoms with Gasteiger partial charge < -0.3 is 9.47 Å². The number of carbonyl (C=O) groups excluding carboxylic acids is 2. The molecule has 0 aromatic heterocycles. The lowest BCUT2D eigenvalue weighted by molar-refractivity contribution is 0.0817. The molecule has 0 spiro atoms. The monoisotopic (exact) mass is 452 g/mol. The number of benzene rings is 3. The van der Waals surface area contributed by atoms with Crippen LogP contribution in [0.2, 0.25) is 0 Å². The van der Waals surface area contributed by atoms with Gasteiger partial charge in [0, 0.05) is 15.6 Å². The molecule has 0 N–H and O–H groups in total. The number of methoxy groups -OCH3 is 2. The van der Waals surface area contributed by atoms with Gasteiger partial charge in [-0.25, -0.2) is 0 Å². The van der Waals surface area contributed by atoms with E-state index in [2.05, 4.69) is 15.9 Å². The molecule has 0 aliphatic rings. The summed E-state index contributed by atoms with van der Waals surface area (Å²) in [5.41, 5.74) is 2.88. The van der Waals surface area contributed by atoms with E-state index in [1.54, 1.807) is 50.6 Å². The molecule has 3 aromatic rings. The first-order valence-corrected chi connectivity index (χ1v) is 9.95. The molecule has 0 saturated heterocycles. The molecule has 0 bridgehead atoms. The zero-order chi connectivity index (χ0) is 20.8. The van der Waals surface area contributed by atoms with Crippen LogP contribution in [0.3, 0.4) is 0 Å². The van der Waals surface area contributed by atoms with E-state index in [-0.39, 0.29) is 0 Å². The zero-order valence-corrected chi connectivity index (χ0v) is 17.9. The summed E-state index contributed by atoms with van der Waals surface area (Å²) in [6.07, 6.45) is 1.57. The summed E-state index contributed by atoms with van der Waals surface area (Å²) in [6.45, 7) is 0. The number of hydrogen-bond acceptors (Lipinski definition) is 4. The highest BCUT2D eigenvalue weighted by Crippen LogP contribution is 2.21. The summed E-state index contributed by atoms with van der Waals surface area (Å²) in [5.74, 6) is 0.396. The number of hydrogen-bond donors (Lipinski definition) is 0. The Balaban J connectivity index is 1.74. The second kappa shape index (κ2) is 9.52.